The van der Waals surface area contributed by atoms with E-state index in [1.807, 2.05) is 0 Å². The fourth-order valence-corrected chi connectivity index (χ4v) is 2.60. The van der Waals surface area contributed by atoms with E-state index >= 15 is 0 Å². The standard InChI is InChI=1S/C13H25NO2/c1-5-6-10-8-14(9-10)11(7-12(15)16)13(2,3)4/h10-11H,5-9H2,1-4H3,(H,15,16). The molecule has 0 aromatic rings. The predicted octanol–water partition coefficient (Wildman–Crippen LogP) is 2.61. The number of likely N-dealkylation sites (tertiary alicyclic amines) is 1. The summed E-state index contributed by atoms with van der Waals surface area (Å²) in [6.45, 7) is 10.8. The molecule has 1 unspecified atom stereocenters. The Morgan fingerprint density at radius 3 is 2.38 bits per heavy atom. The normalized spacial score (nSPS) is 20.5. The van der Waals surface area contributed by atoms with E-state index in [0.29, 0.717) is 0 Å². The first-order valence-corrected chi connectivity index (χ1v) is 6.30. The van der Waals surface area contributed by atoms with Crippen LogP contribution in [0.3, 0.4) is 0 Å². The molecule has 1 heterocycles. The van der Waals surface area contributed by atoms with Gasteiger partial charge in [-0.15, -0.1) is 0 Å². The average molecular weight is 227 g/mol. The van der Waals surface area contributed by atoms with Crippen LogP contribution in [0.15, 0.2) is 0 Å². The molecule has 16 heavy (non-hydrogen) atoms. The van der Waals surface area contributed by atoms with Crippen LogP contribution in [0.1, 0.15) is 47.0 Å². The number of rotatable bonds is 5. The van der Waals surface area contributed by atoms with Crippen LogP contribution >= 0.6 is 0 Å². The summed E-state index contributed by atoms with van der Waals surface area (Å²) in [6, 6.07) is 0.179. The highest BCUT2D eigenvalue weighted by atomic mass is 16.4. The van der Waals surface area contributed by atoms with E-state index in [1.54, 1.807) is 0 Å². The van der Waals surface area contributed by atoms with Crippen LogP contribution in [0.5, 0.6) is 0 Å². The van der Waals surface area contributed by atoms with Gasteiger partial charge in [0, 0.05) is 19.1 Å². The van der Waals surface area contributed by atoms with Crippen LogP contribution in [0, 0.1) is 11.3 Å². The molecular formula is C13H25NO2. The molecule has 0 aliphatic carbocycles. The van der Waals surface area contributed by atoms with Crippen LogP contribution in [-0.2, 0) is 4.79 Å². The Bertz CT molecular complexity index is 239. The fraction of sp³-hybridized carbons (Fsp3) is 0.923. The van der Waals surface area contributed by atoms with E-state index < -0.39 is 5.97 Å². The SMILES string of the molecule is CCCC1CN(C(CC(=O)O)C(C)(C)C)C1. The van der Waals surface area contributed by atoms with Gasteiger partial charge in [-0.25, -0.2) is 0 Å². The Morgan fingerprint density at radius 1 is 1.44 bits per heavy atom. The van der Waals surface area contributed by atoms with Gasteiger partial charge in [-0.3, -0.25) is 9.69 Å². The molecule has 0 saturated carbocycles. The van der Waals surface area contributed by atoms with E-state index in [2.05, 4.69) is 32.6 Å². The van der Waals surface area contributed by atoms with Crippen LogP contribution in [0.4, 0.5) is 0 Å². The number of carboxylic acid groups (broad SMARTS) is 1. The van der Waals surface area contributed by atoms with Gasteiger partial charge in [-0.1, -0.05) is 34.1 Å². The molecule has 0 aromatic carbocycles. The van der Waals surface area contributed by atoms with E-state index in [0.717, 1.165) is 19.0 Å². The number of nitrogens with zero attached hydrogens (tertiary/aromatic N) is 1. The van der Waals surface area contributed by atoms with Crippen molar-refractivity contribution in [1.82, 2.24) is 4.90 Å². The molecule has 3 heteroatoms. The minimum Gasteiger partial charge on any atom is -0.481 e. The summed E-state index contributed by atoms with van der Waals surface area (Å²) >= 11 is 0. The van der Waals surface area contributed by atoms with Crippen molar-refractivity contribution >= 4 is 5.97 Å². The summed E-state index contributed by atoms with van der Waals surface area (Å²) in [6.07, 6.45) is 2.78. The number of aliphatic carboxylic acids is 1. The number of hydrogen-bond donors (Lipinski definition) is 1. The molecule has 0 aromatic heterocycles. The largest absolute Gasteiger partial charge is 0.481 e. The topological polar surface area (TPSA) is 40.5 Å². The quantitative estimate of drug-likeness (QED) is 0.785. The molecular weight excluding hydrogens is 202 g/mol. The van der Waals surface area contributed by atoms with Crippen molar-refractivity contribution in [3.63, 3.8) is 0 Å². The Balaban J connectivity index is 2.50. The Hall–Kier alpha value is -0.570. The lowest BCUT2D eigenvalue weighted by atomic mass is 9.80. The van der Waals surface area contributed by atoms with E-state index in [1.165, 1.54) is 12.8 Å². The highest BCUT2D eigenvalue weighted by Gasteiger charge is 2.38. The second kappa shape index (κ2) is 5.17. The lowest BCUT2D eigenvalue weighted by Gasteiger charge is -2.49. The Morgan fingerprint density at radius 2 is 2.00 bits per heavy atom. The van der Waals surface area contributed by atoms with Gasteiger partial charge in [0.15, 0.2) is 0 Å². The van der Waals surface area contributed by atoms with Crippen molar-refractivity contribution in [2.24, 2.45) is 11.3 Å². The first kappa shape index (κ1) is 13.5. The van der Waals surface area contributed by atoms with Gasteiger partial charge in [0.2, 0.25) is 0 Å². The van der Waals surface area contributed by atoms with Gasteiger partial charge in [0.05, 0.1) is 6.42 Å². The maximum absolute atomic E-state index is 10.9. The maximum Gasteiger partial charge on any atom is 0.304 e. The van der Waals surface area contributed by atoms with Crippen LogP contribution in [0.2, 0.25) is 0 Å². The van der Waals surface area contributed by atoms with Crippen LogP contribution in [0.25, 0.3) is 0 Å². The summed E-state index contributed by atoms with van der Waals surface area (Å²) in [5.74, 6) is 0.113. The molecule has 0 bridgehead atoms. The monoisotopic (exact) mass is 227 g/mol. The summed E-state index contributed by atoms with van der Waals surface area (Å²) in [5, 5.41) is 8.96. The molecule has 0 radical (unpaired) electrons. The number of carboxylic acids is 1. The smallest absolute Gasteiger partial charge is 0.304 e. The zero-order valence-electron chi connectivity index (χ0n) is 11.0. The van der Waals surface area contributed by atoms with Gasteiger partial charge in [0.1, 0.15) is 0 Å². The summed E-state index contributed by atoms with van der Waals surface area (Å²) in [4.78, 5) is 13.2. The van der Waals surface area contributed by atoms with Gasteiger partial charge in [-0.2, -0.15) is 0 Å². The highest BCUT2D eigenvalue weighted by molar-refractivity contribution is 5.67. The van der Waals surface area contributed by atoms with Crippen molar-refractivity contribution in [3.8, 4) is 0 Å². The Kier molecular flexibility index (Phi) is 4.36. The zero-order valence-corrected chi connectivity index (χ0v) is 11.0. The molecule has 94 valence electrons. The molecule has 1 rings (SSSR count). The molecule has 1 saturated heterocycles. The Labute approximate surface area is 98.8 Å². The third-order valence-electron chi connectivity index (χ3n) is 3.49. The molecule has 1 aliphatic rings. The average Bonchev–Trinajstić information content (AvgIpc) is 2.05. The van der Waals surface area contributed by atoms with Gasteiger partial charge < -0.3 is 5.11 Å². The third-order valence-corrected chi connectivity index (χ3v) is 3.49. The van der Waals surface area contributed by atoms with Crippen molar-refractivity contribution in [3.05, 3.63) is 0 Å². The number of hydrogen-bond acceptors (Lipinski definition) is 2. The fourth-order valence-electron chi connectivity index (χ4n) is 2.60. The molecule has 0 amide bonds. The lowest BCUT2D eigenvalue weighted by molar-refractivity contribution is -0.141. The van der Waals surface area contributed by atoms with Gasteiger partial charge in [0.25, 0.3) is 0 Å². The summed E-state index contributed by atoms with van der Waals surface area (Å²) in [5.41, 5.74) is 0.0512. The summed E-state index contributed by atoms with van der Waals surface area (Å²) < 4.78 is 0. The minimum absolute atomic E-state index is 0.0512. The van der Waals surface area contributed by atoms with Crippen molar-refractivity contribution < 1.29 is 9.90 Å². The summed E-state index contributed by atoms with van der Waals surface area (Å²) in [7, 11) is 0. The van der Waals surface area contributed by atoms with Gasteiger partial charge in [-0.05, 0) is 17.8 Å². The van der Waals surface area contributed by atoms with E-state index in [4.69, 9.17) is 5.11 Å². The number of carbonyl (C=O) groups is 1. The molecule has 1 aliphatic heterocycles. The first-order valence-electron chi connectivity index (χ1n) is 6.30. The second-order valence-corrected chi connectivity index (χ2v) is 6.09. The molecule has 1 N–H and O–H groups in total. The lowest BCUT2D eigenvalue weighted by Crippen LogP contribution is -2.56. The minimum atomic E-state index is -0.682. The molecule has 3 nitrogen and oxygen atoms in total. The van der Waals surface area contributed by atoms with Crippen LogP contribution in [-0.4, -0.2) is 35.1 Å². The van der Waals surface area contributed by atoms with Crippen molar-refractivity contribution in [2.45, 2.75) is 53.0 Å². The maximum atomic E-state index is 10.9. The zero-order chi connectivity index (χ0) is 12.3. The van der Waals surface area contributed by atoms with Crippen LogP contribution < -0.4 is 0 Å². The predicted molar refractivity (Wildman–Crippen MR) is 65.5 cm³/mol. The first-order chi connectivity index (χ1) is 7.34. The van der Waals surface area contributed by atoms with Crippen molar-refractivity contribution in [1.29, 1.82) is 0 Å². The molecule has 1 atom stereocenters. The molecule has 1 fully saturated rings. The molecule has 0 spiro atoms. The highest BCUT2D eigenvalue weighted by Crippen LogP contribution is 2.33. The van der Waals surface area contributed by atoms with Crippen molar-refractivity contribution in [2.75, 3.05) is 13.1 Å². The third kappa shape index (κ3) is 3.48. The van der Waals surface area contributed by atoms with Gasteiger partial charge >= 0.3 is 5.97 Å². The van der Waals surface area contributed by atoms with E-state index in [9.17, 15) is 4.79 Å². The van der Waals surface area contributed by atoms with E-state index in [-0.39, 0.29) is 17.9 Å². The second-order valence-electron chi connectivity index (χ2n) is 6.09.